The van der Waals surface area contributed by atoms with Crippen molar-refractivity contribution in [3.05, 3.63) is 51.6 Å². The van der Waals surface area contributed by atoms with E-state index < -0.39 is 126 Å². The van der Waals surface area contributed by atoms with Crippen LogP contribution in [0, 0.1) is 5.41 Å². The van der Waals surface area contributed by atoms with Gasteiger partial charge in [0.1, 0.15) is 35.6 Å². The third-order valence-corrected chi connectivity index (χ3v) is 10.1. The molecule has 0 saturated carbocycles. The van der Waals surface area contributed by atoms with Crippen molar-refractivity contribution in [1.29, 1.82) is 0 Å². The number of benzene rings is 2. The van der Waals surface area contributed by atoms with E-state index in [0.29, 0.717) is 0 Å². The second kappa shape index (κ2) is 17.3. The predicted octanol–water partition coefficient (Wildman–Crippen LogP) is -1.67. The van der Waals surface area contributed by atoms with E-state index in [0.717, 1.165) is 0 Å². The number of carbonyl (C=O) groups excluding carboxylic acids is 5. The summed E-state index contributed by atoms with van der Waals surface area (Å²) in [6.07, 6.45) is -8.48. The van der Waals surface area contributed by atoms with E-state index in [-0.39, 0.29) is 76.9 Å². The van der Waals surface area contributed by atoms with Gasteiger partial charge in [0.25, 0.3) is 0 Å². The molecule has 0 spiro atoms. The molecule has 2 aliphatic carbocycles. The zero-order chi connectivity index (χ0) is 39.9. The third kappa shape index (κ3) is 8.45. The third-order valence-electron chi connectivity index (χ3n) is 10.1. The summed E-state index contributed by atoms with van der Waals surface area (Å²) in [5, 5.41) is 77.1. The predicted molar refractivity (Wildman–Crippen MR) is 188 cm³/mol. The number of ketones is 3. The Labute approximate surface area is 337 Å². The topological polar surface area (TPSA) is 288 Å². The Balaban J connectivity index is 0.00000673. The molecule has 9 N–H and O–H groups in total. The van der Waals surface area contributed by atoms with Gasteiger partial charge in [-0.15, -0.1) is 5.48 Å². The van der Waals surface area contributed by atoms with Crippen molar-refractivity contribution in [2.24, 2.45) is 5.41 Å². The number of nitrogens with one attached hydrogen (secondary N) is 2. The average Bonchev–Trinajstić information content (AvgIpc) is 3.14. The number of carbonyl (C=O) groups is 5. The first kappa shape index (κ1) is 44.2. The summed E-state index contributed by atoms with van der Waals surface area (Å²) in [5.41, 5.74) is -2.94. The molecule has 1 fully saturated rings. The molecule has 1 saturated heterocycles. The Hall–Kier alpha value is -3.53. The number of fused-ring (bicyclic) bond motifs is 3. The number of amides is 1. The van der Waals surface area contributed by atoms with Crippen molar-refractivity contribution in [3.8, 4) is 17.2 Å². The molecule has 0 radical (unpaired) electrons. The molecule has 296 valence electrons. The SMILES string of the molecule is COc1cccc2c1C(=O)c1c(O)c3c(c(O)c1C2=O)C[C@@](O)(C(=O)CO)C[C@@H]3OC1CC(NOC(=O)CCNC(=O)[C@H](O)C(C)(C)CO)C(O)C(C)O1.[NaH]. The number of ether oxygens (including phenoxy) is 3. The maximum absolute atomic E-state index is 13.9. The molecule has 18 nitrogen and oxygen atoms in total. The number of methoxy groups -OCH3 is 1. The molecule has 2 aromatic carbocycles. The first-order valence-electron chi connectivity index (χ1n) is 17.1. The van der Waals surface area contributed by atoms with E-state index in [4.69, 9.17) is 19.0 Å². The molecule has 5 rings (SSSR count). The van der Waals surface area contributed by atoms with Gasteiger partial charge in [-0.05, 0) is 13.0 Å². The van der Waals surface area contributed by atoms with Gasteiger partial charge >= 0.3 is 35.5 Å². The van der Waals surface area contributed by atoms with Crippen molar-refractivity contribution in [2.75, 3.05) is 26.9 Å². The van der Waals surface area contributed by atoms with Gasteiger partial charge in [-0.25, -0.2) is 0 Å². The van der Waals surface area contributed by atoms with Gasteiger partial charge in [-0.3, -0.25) is 24.0 Å². The number of hydrogen-bond donors (Lipinski definition) is 9. The zero-order valence-electron chi connectivity index (χ0n) is 30.0. The van der Waals surface area contributed by atoms with E-state index in [9.17, 15) is 59.7 Å². The molecule has 55 heavy (non-hydrogen) atoms. The number of Topliss-reactive ketones (excluding diaryl/α,β-unsaturated/α-hetero) is 1. The molecule has 1 amide bonds. The average molecular weight is 785 g/mol. The van der Waals surface area contributed by atoms with Gasteiger partial charge in [0.05, 0.1) is 61.2 Å². The minimum absolute atomic E-state index is 0. The quantitative estimate of drug-likeness (QED) is 0.0532. The van der Waals surface area contributed by atoms with E-state index in [1.54, 1.807) is 0 Å². The summed E-state index contributed by atoms with van der Waals surface area (Å²) in [7, 11) is 1.29. The van der Waals surface area contributed by atoms with Crippen LogP contribution in [0.3, 0.4) is 0 Å². The number of hydrogen-bond acceptors (Lipinski definition) is 17. The first-order chi connectivity index (χ1) is 25.4. The van der Waals surface area contributed by atoms with Crippen LogP contribution in [0.5, 0.6) is 17.2 Å². The van der Waals surface area contributed by atoms with E-state index in [1.165, 1.54) is 46.1 Å². The number of hydroxylamine groups is 1. The van der Waals surface area contributed by atoms with Crippen molar-refractivity contribution >= 4 is 58.8 Å². The Morgan fingerprint density at radius 3 is 2.38 bits per heavy atom. The minimum atomic E-state index is -2.38. The van der Waals surface area contributed by atoms with Gasteiger partial charge < -0.3 is 60.1 Å². The molecular weight excluding hydrogens is 739 g/mol. The molecular formula is C36H45N2NaO16. The number of phenolic OH excluding ortho intramolecular Hbond substituents is 2. The first-order valence-corrected chi connectivity index (χ1v) is 17.1. The van der Waals surface area contributed by atoms with Crippen molar-refractivity contribution in [3.63, 3.8) is 0 Å². The molecule has 19 heteroatoms. The van der Waals surface area contributed by atoms with Crippen LogP contribution >= 0.6 is 0 Å². The molecule has 1 heterocycles. The van der Waals surface area contributed by atoms with Crippen LogP contribution in [-0.2, 0) is 35.1 Å². The van der Waals surface area contributed by atoms with Crippen LogP contribution in [0.4, 0.5) is 0 Å². The van der Waals surface area contributed by atoms with Crippen LogP contribution in [0.25, 0.3) is 0 Å². The number of aliphatic hydroxyl groups is 5. The fourth-order valence-electron chi connectivity index (χ4n) is 6.85. The number of aliphatic hydroxyl groups excluding tert-OH is 4. The number of aromatic hydroxyl groups is 2. The van der Waals surface area contributed by atoms with Crippen LogP contribution in [0.15, 0.2) is 18.2 Å². The van der Waals surface area contributed by atoms with Crippen LogP contribution < -0.4 is 15.5 Å². The molecule has 1 aliphatic heterocycles. The Kier molecular flexibility index (Phi) is 13.9. The molecule has 3 aliphatic rings. The maximum atomic E-state index is 13.9. The molecule has 2 aromatic rings. The van der Waals surface area contributed by atoms with E-state index in [1.807, 2.05) is 0 Å². The van der Waals surface area contributed by atoms with Crippen molar-refractivity contribution < 1.29 is 78.8 Å². The van der Waals surface area contributed by atoms with Gasteiger partial charge in [0.15, 0.2) is 17.9 Å². The van der Waals surface area contributed by atoms with Gasteiger partial charge in [0, 0.05) is 47.9 Å². The summed E-state index contributed by atoms with van der Waals surface area (Å²) in [6, 6.07) is 3.21. The van der Waals surface area contributed by atoms with Gasteiger partial charge in [0.2, 0.25) is 11.7 Å². The second-order valence-corrected chi connectivity index (χ2v) is 14.3. The summed E-state index contributed by atoms with van der Waals surface area (Å²) < 4.78 is 17.3. The standard InChI is InChI=1S/C36H44N2O16.Na.H/c1-15-28(43)18(38-54-22(42)8-9-37-34(49)33(48)35(2,3)14-40)10-23(52-15)53-20-12-36(50,21(41)13-39)11-17-25(20)32(47)27-26(30(17)45)29(44)16-6-5-7-19(51-4)24(16)31(27)46;;/h5-7,15,18,20,23,28,33,38-40,43,45,47-48,50H,8-14H2,1-4H3,(H,37,49);;/t15?,18?,20-,23?,28?,33-,36-;;/m0../s1. The van der Waals surface area contributed by atoms with Gasteiger partial charge in [-0.2, -0.15) is 0 Å². The molecule has 4 unspecified atom stereocenters. The van der Waals surface area contributed by atoms with E-state index in [2.05, 4.69) is 10.8 Å². The molecule has 7 atom stereocenters. The second-order valence-electron chi connectivity index (χ2n) is 14.3. The van der Waals surface area contributed by atoms with Crippen LogP contribution in [0.1, 0.15) is 89.1 Å². The van der Waals surface area contributed by atoms with E-state index >= 15 is 0 Å². The summed E-state index contributed by atoms with van der Waals surface area (Å²) in [5.74, 6) is -5.91. The Morgan fingerprint density at radius 2 is 1.75 bits per heavy atom. The Bertz CT molecular complexity index is 1850. The fourth-order valence-corrected chi connectivity index (χ4v) is 6.85. The number of rotatable bonds is 13. The monoisotopic (exact) mass is 784 g/mol. The molecule has 0 bridgehead atoms. The molecule has 0 aromatic heterocycles. The Morgan fingerprint density at radius 1 is 1.07 bits per heavy atom. The summed E-state index contributed by atoms with van der Waals surface area (Å²) in [6.45, 7) is 2.64. The van der Waals surface area contributed by atoms with Crippen molar-refractivity contribution in [1.82, 2.24) is 10.8 Å². The summed E-state index contributed by atoms with van der Waals surface area (Å²) >= 11 is 0. The fraction of sp³-hybridized carbons (Fsp3) is 0.528. The zero-order valence-corrected chi connectivity index (χ0v) is 30.0. The van der Waals surface area contributed by atoms with Gasteiger partial charge in [-0.1, -0.05) is 26.0 Å². The van der Waals surface area contributed by atoms with Crippen LogP contribution in [-0.4, -0.2) is 158 Å². The normalized spacial score (nSPS) is 25.1. The number of phenols is 2. The van der Waals surface area contributed by atoms with Crippen LogP contribution in [0.2, 0.25) is 0 Å². The van der Waals surface area contributed by atoms with Crippen molar-refractivity contribution in [2.45, 2.75) is 88.8 Å². The summed E-state index contributed by atoms with van der Waals surface area (Å²) in [4.78, 5) is 70.2.